The number of carbonyl (C=O) groups excluding carboxylic acids is 1. The maximum atomic E-state index is 12.6. The number of fused-ring (bicyclic) bond motifs is 1. The van der Waals surface area contributed by atoms with Crippen molar-refractivity contribution in [3.63, 3.8) is 0 Å². The number of para-hydroxylation sites is 1. The number of ether oxygens (including phenoxy) is 2. The fraction of sp³-hybridized carbons (Fsp3) is 0.552. The van der Waals surface area contributed by atoms with Gasteiger partial charge in [-0.05, 0) is 65.4 Å². The van der Waals surface area contributed by atoms with Crippen LogP contribution in [0, 0.1) is 18.3 Å². The molecule has 5 heteroatoms. The van der Waals surface area contributed by atoms with Gasteiger partial charge < -0.3 is 18.9 Å². The number of benzene rings is 1. The first kappa shape index (κ1) is 24.6. The van der Waals surface area contributed by atoms with Crippen LogP contribution in [0.4, 0.5) is 4.79 Å². The predicted molar refractivity (Wildman–Crippen MR) is 138 cm³/mol. The third kappa shape index (κ3) is 4.68. The van der Waals surface area contributed by atoms with E-state index in [9.17, 15) is 4.79 Å². The Morgan fingerprint density at radius 1 is 1.26 bits per heavy atom. The molecule has 184 valence electrons. The summed E-state index contributed by atoms with van der Waals surface area (Å²) in [6, 6.07) is 8.59. The molecular weight excluding hydrogens is 424 g/mol. The fourth-order valence-electron chi connectivity index (χ4n) is 5.75. The Hall–Kier alpha value is -2.53. The molecule has 1 aromatic heterocycles. The average molecular weight is 465 g/mol. The molecule has 0 N–H and O–H groups in total. The van der Waals surface area contributed by atoms with Crippen molar-refractivity contribution in [2.75, 3.05) is 19.7 Å². The van der Waals surface area contributed by atoms with E-state index in [-0.39, 0.29) is 23.5 Å². The van der Waals surface area contributed by atoms with Crippen molar-refractivity contribution < 1.29 is 14.3 Å². The molecule has 2 atom stereocenters. The van der Waals surface area contributed by atoms with Gasteiger partial charge in [0.05, 0.1) is 12.7 Å². The SMILES string of the molecule is C=CCn1c(C)c([C@@H]2OCC3(CCN(C(=O)OC(C)(C)C)CC3)C[C@H]2C(=C)C)c2ccccc21. The summed E-state index contributed by atoms with van der Waals surface area (Å²) in [7, 11) is 0. The van der Waals surface area contributed by atoms with E-state index in [1.807, 2.05) is 31.7 Å². The van der Waals surface area contributed by atoms with E-state index in [0.717, 1.165) is 25.8 Å². The molecule has 2 aliphatic rings. The molecule has 2 aromatic rings. The summed E-state index contributed by atoms with van der Waals surface area (Å²) in [5.74, 6) is 0.239. The summed E-state index contributed by atoms with van der Waals surface area (Å²) in [6.07, 6.45) is 4.63. The topological polar surface area (TPSA) is 43.7 Å². The molecule has 0 bridgehead atoms. The van der Waals surface area contributed by atoms with Gasteiger partial charge in [0.25, 0.3) is 0 Å². The minimum Gasteiger partial charge on any atom is -0.444 e. The molecule has 34 heavy (non-hydrogen) atoms. The van der Waals surface area contributed by atoms with E-state index in [2.05, 4.69) is 55.8 Å². The Morgan fingerprint density at radius 3 is 2.56 bits per heavy atom. The second-order valence-electron chi connectivity index (χ2n) is 11.3. The average Bonchev–Trinajstić information content (AvgIpc) is 3.05. The number of carbonyl (C=O) groups is 1. The second kappa shape index (κ2) is 9.26. The molecular formula is C29H40N2O3. The number of nitrogens with zero attached hydrogens (tertiary/aromatic N) is 2. The fourth-order valence-corrected chi connectivity index (χ4v) is 5.75. The van der Waals surface area contributed by atoms with Gasteiger partial charge in [-0.3, -0.25) is 0 Å². The van der Waals surface area contributed by atoms with Crippen molar-refractivity contribution in [2.45, 2.75) is 72.1 Å². The van der Waals surface area contributed by atoms with E-state index in [1.54, 1.807) is 0 Å². The molecule has 5 nitrogen and oxygen atoms in total. The number of piperidine rings is 1. The number of hydrogen-bond donors (Lipinski definition) is 0. The van der Waals surface area contributed by atoms with E-state index in [1.165, 1.54) is 27.7 Å². The van der Waals surface area contributed by atoms with Crippen LogP contribution in [0.5, 0.6) is 0 Å². The van der Waals surface area contributed by atoms with Crippen molar-refractivity contribution in [3.8, 4) is 0 Å². The minimum atomic E-state index is -0.471. The first-order valence-corrected chi connectivity index (χ1v) is 12.5. The predicted octanol–water partition coefficient (Wildman–Crippen LogP) is 6.81. The maximum Gasteiger partial charge on any atom is 0.410 e. The number of hydrogen-bond acceptors (Lipinski definition) is 3. The molecule has 1 aromatic carbocycles. The Kier molecular flexibility index (Phi) is 6.69. The van der Waals surface area contributed by atoms with Crippen molar-refractivity contribution in [1.82, 2.24) is 9.47 Å². The maximum absolute atomic E-state index is 12.6. The Bertz CT molecular complexity index is 1080. The zero-order chi connectivity index (χ0) is 24.7. The number of rotatable bonds is 4. The summed E-state index contributed by atoms with van der Waals surface area (Å²) in [5.41, 5.74) is 4.52. The van der Waals surface area contributed by atoms with Crippen LogP contribution in [0.25, 0.3) is 10.9 Å². The lowest BCUT2D eigenvalue weighted by Gasteiger charge is -2.49. The van der Waals surface area contributed by atoms with Gasteiger partial charge in [0.1, 0.15) is 5.60 Å². The molecule has 1 amide bonds. The number of aromatic nitrogens is 1. The van der Waals surface area contributed by atoms with Gasteiger partial charge in [-0.1, -0.05) is 36.4 Å². The molecule has 0 radical (unpaired) electrons. The number of amides is 1. The Labute approximate surface area is 204 Å². The van der Waals surface area contributed by atoms with Gasteiger partial charge in [-0.15, -0.1) is 6.58 Å². The third-order valence-electron chi connectivity index (χ3n) is 7.57. The quantitative estimate of drug-likeness (QED) is 0.467. The van der Waals surface area contributed by atoms with E-state index in [4.69, 9.17) is 9.47 Å². The highest BCUT2D eigenvalue weighted by molar-refractivity contribution is 5.86. The molecule has 0 aliphatic carbocycles. The highest BCUT2D eigenvalue weighted by atomic mass is 16.6. The monoisotopic (exact) mass is 464 g/mol. The van der Waals surface area contributed by atoms with Crippen LogP contribution in [0.1, 0.15) is 64.3 Å². The van der Waals surface area contributed by atoms with Crippen LogP contribution in [-0.4, -0.2) is 40.9 Å². The van der Waals surface area contributed by atoms with Gasteiger partial charge in [-0.2, -0.15) is 0 Å². The Balaban J connectivity index is 1.57. The first-order chi connectivity index (χ1) is 16.1. The van der Waals surface area contributed by atoms with Crippen LogP contribution in [0.15, 0.2) is 49.1 Å². The van der Waals surface area contributed by atoms with Crippen molar-refractivity contribution >= 4 is 17.0 Å². The molecule has 1 spiro atoms. The first-order valence-electron chi connectivity index (χ1n) is 12.5. The smallest absolute Gasteiger partial charge is 0.410 e. The Morgan fingerprint density at radius 2 is 1.94 bits per heavy atom. The molecule has 0 unspecified atom stereocenters. The third-order valence-corrected chi connectivity index (χ3v) is 7.57. The largest absolute Gasteiger partial charge is 0.444 e. The van der Waals surface area contributed by atoms with Crippen LogP contribution in [0.3, 0.4) is 0 Å². The second-order valence-corrected chi connectivity index (χ2v) is 11.3. The van der Waals surface area contributed by atoms with E-state index < -0.39 is 5.60 Å². The standard InChI is InChI=1S/C29H40N2O3/c1-8-15-31-21(4)25(22-11-9-10-12-24(22)31)26-23(20(2)3)18-29(19-33-26)13-16-30(17-14-29)27(32)34-28(5,6)7/h8-12,23,26H,1-2,13-19H2,3-7H3/t23-,26+/m0/s1. The summed E-state index contributed by atoms with van der Waals surface area (Å²) in [4.78, 5) is 14.4. The zero-order valence-corrected chi connectivity index (χ0v) is 21.5. The van der Waals surface area contributed by atoms with Crippen molar-refractivity contribution in [1.29, 1.82) is 0 Å². The summed E-state index contributed by atoms with van der Waals surface area (Å²) < 4.78 is 14.7. The van der Waals surface area contributed by atoms with Crippen LogP contribution < -0.4 is 0 Å². The zero-order valence-electron chi connectivity index (χ0n) is 21.5. The van der Waals surface area contributed by atoms with Gasteiger partial charge >= 0.3 is 6.09 Å². The highest BCUT2D eigenvalue weighted by Gasteiger charge is 2.46. The lowest BCUT2D eigenvalue weighted by atomic mass is 9.67. The molecule has 4 rings (SSSR count). The minimum absolute atomic E-state index is 0.0111. The molecule has 0 saturated carbocycles. The number of allylic oxidation sites excluding steroid dienone is 1. The van der Waals surface area contributed by atoms with Crippen LogP contribution in [0.2, 0.25) is 0 Å². The lowest BCUT2D eigenvalue weighted by Crippen LogP contribution is -2.49. The normalized spacial score (nSPS) is 22.7. The molecule has 3 heterocycles. The number of likely N-dealkylation sites (tertiary alicyclic amines) is 1. The molecule has 2 saturated heterocycles. The van der Waals surface area contributed by atoms with Gasteiger partial charge in [-0.25, -0.2) is 4.79 Å². The van der Waals surface area contributed by atoms with Crippen molar-refractivity contribution in [2.24, 2.45) is 11.3 Å². The van der Waals surface area contributed by atoms with Crippen LogP contribution in [-0.2, 0) is 16.0 Å². The van der Waals surface area contributed by atoms with Gasteiger partial charge in [0.15, 0.2) is 0 Å². The van der Waals surface area contributed by atoms with Crippen LogP contribution >= 0.6 is 0 Å². The molecule has 2 fully saturated rings. The van der Waals surface area contributed by atoms with Crippen molar-refractivity contribution in [3.05, 3.63) is 60.3 Å². The van der Waals surface area contributed by atoms with Gasteiger partial charge in [0, 0.05) is 47.7 Å². The summed E-state index contributed by atoms with van der Waals surface area (Å²) in [5, 5.41) is 1.26. The lowest BCUT2D eigenvalue weighted by molar-refractivity contribution is -0.111. The van der Waals surface area contributed by atoms with E-state index >= 15 is 0 Å². The highest BCUT2D eigenvalue weighted by Crippen LogP contribution is 2.51. The summed E-state index contributed by atoms with van der Waals surface area (Å²) >= 11 is 0. The van der Waals surface area contributed by atoms with Gasteiger partial charge in [0.2, 0.25) is 0 Å². The molecule has 2 aliphatic heterocycles. The van der Waals surface area contributed by atoms with E-state index in [0.29, 0.717) is 19.7 Å². The summed E-state index contributed by atoms with van der Waals surface area (Å²) in [6.45, 7) is 21.3.